The highest BCUT2D eigenvalue weighted by molar-refractivity contribution is 6.26. The molecule has 5 heteroatoms. The van der Waals surface area contributed by atoms with Gasteiger partial charge in [0.2, 0.25) is 0 Å². The van der Waals surface area contributed by atoms with Crippen LogP contribution in [0.1, 0.15) is 18.9 Å². The number of fused-ring (bicyclic) bond motifs is 7. The lowest BCUT2D eigenvalue weighted by Crippen LogP contribution is -2.00. The summed E-state index contributed by atoms with van der Waals surface area (Å²) in [6, 6.07) is 69.0. The van der Waals surface area contributed by atoms with Crippen molar-refractivity contribution in [3.63, 3.8) is 0 Å². The zero-order chi connectivity index (χ0) is 39.3. The van der Waals surface area contributed by atoms with E-state index in [9.17, 15) is 0 Å². The summed E-state index contributed by atoms with van der Waals surface area (Å²) >= 11 is 0. The second kappa shape index (κ2) is 14.4. The average Bonchev–Trinajstić information content (AvgIpc) is 3.82. The van der Waals surface area contributed by atoms with Gasteiger partial charge in [0.05, 0.1) is 22.1 Å². The summed E-state index contributed by atoms with van der Waals surface area (Å²) in [4.78, 5) is 14.8. The van der Waals surface area contributed by atoms with Gasteiger partial charge in [0.25, 0.3) is 0 Å². The molecule has 0 atom stereocenters. The Bertz CT molecular complexity index is 3250. The molecule has 0 bridgehead atoms. The Hall–Kier alpha value is -7.63. The SMILES string of the molecule is CCCc1ccc2c3ccc4c(c5ccccc5n4-c4ccccc4)c3n(-c3cccc(-c4ccc(-c5nc(-c6ccccc6)nc(-c6ccccc6)n5)cc4)c3)c2c1. The smallest absolute Gasteiger partial charge is 0.164 e. The van der Waals surface area contributed by atoms with Crippen molar-refractivity contribution < 1.29 is 0 Å². The Morgan fingerprint density at radius 3 is 1.61 bits per heavy atom. The minimum atomic E-state index is 0.643. The summed E-state index contributed by atoms with van der Waals surface area (Å²) in [6.45, 7) is 2.25. The Kier molecular flexibility index (Phi) is 8.44. The van der Waals surface area contributed by atoms with Crippen molar-refractivity contribution in [2.75, 3.05) is 0 Å². The normalized spacial score (nSPS) is 11.6. The standard InChI is InChI=1S/C54H39N5/c1-2-15-36-26-31-44-45-32-33-48-50(46-24-12-13-25-47(46)58(48)42-21-10-5-11-22-42)51(45)59(49(44)34-36)43-23-14-20-41(35-43)37-27-29-40(30-28-37)54-56-52(38-16-6-3-7-17-38)55-53(57-54)39-18-8-4-9-19-39/h3-14,16-35H,2,15H2,1H3. The Labute approximate surface area is 342 Å². The van der Waals surface area contributed by atoms with E-state index in [0.717, 1.165) is 52.0 Å². The number of rotatable bonds is 8. The fraction of sp³-hybridized carbons (Fsp3) is 0.0556. The molecule has 3 heterocycles. The van der Waals surface area contributed by atoms with Crippen LogP contribution in [0, 0.1) is 0 Å². The first-order valence-electron chi connectivity index (χ1n) is 20.3. The third-order valence-corrected chi connectivity index (χ3v) is 11.5. The van der Waals surface area contributed by atoms with Crippen molar-refractivity contribution in [2.24, 2.45) is 0 Å². The molecule has 8 aromatic carbocycles. The van der Waals surface area contributed by atoms with Gasteiger partial charge in [-0.3, -0.25) is 0 Å². The molecule has 11 aromatic rings. The molecular weight excluding hydrogens is 719 g/mol. The molecule has 0 fully saturated rings. The number of aromatic nitrogens is 5. The van der Waals surface area contributed by atoms with Gasteiger partial charge in [0.1, 0.15) is 0 Å². The van der Waals surface area contributed by atoms with Gasteiger partial charge in [0.15, 0.2) is 17.5 Å². The van der Waals surface area contributed by atoms with Crippen molar-refractivity contribution in [3.8, 4) is 56.7 Å². The van der Waals surface area contributed by atoms with Crippen molar-refractivity contribution in [2.45, 2.75) is 19.8 Å². The summed E-state index contributed by atoms with van der Waals surface area (Å²) < 4.78 is 4.91. The zero-order valence-electron chi connectivity index (χ0n) is 32.6. The van der Waals surface area contributed by atoms with Gasteiger partial charge in [0, 0.05) is 49.6 Å². The zero-order valence-corrected chi connectivity index (χ0v) is 32.6. The predicted molar refractivity (Wildman–Crippen MR) is 244 cm³/mol. The van der Waals surface area contributed by atoms with Crippen molar-refractivity contribution in [1.29, 1.82) is 0 Å². The Balaban J connectivity index is 1.07. The van der Waals surface area contributed by atoms with Crippen LogP contribution >= 0.6 is 0 Å². The molecular formula is C54H39N5. The number of nitrogens with zero attached hydrogens (tertiary/aromatic N) is 5. The predicted octanol–water partition coefficient (Wildman–Crippen LogP) is 13.7. The van der Waals surface area contributed by atoms with Crippen LogP contribution in [0.5, 0.6) is 0 Å². The number of hydrogen-bond acceptors (Lipinski definition) is 3. The monoisotopic (exact) mass is 757 g/mol. The summed E-state index contributed by atoms with van der Waals surface area (Å²) in [5, 5.41) is 5.01. The molecule has 59 heavy (non-hydrogen) atoms. The van der Waals surface area contributed by atoms with Crippen LogP contribution in [-0.2, 0) is 6.42 Å². The Morgan fingerprint density at radius 1 is 0.373 bits per heavy atom. The summed E-state index contributed by atoms with van der Waals surface area (Å²) in [6.07, 6.45) is 2.13. The maximum atomic E-state index is 4.97. The maximum Gasteiger partial charge on any atom is 0.164 e. The highest BCUT2D eigenvalue weighted by atomic mass is 15.0. The van der Waals surface area contributed by atoms with E-state index in [1.807, 2.05) is 60.7 Å². The third-order valence-electron chi connectivity index (χ3n) is 11.5. The van der Waals surface area contributed by atoms with E-state index in [2.05, 4.69) is 150 Å². The van der Waals surface area contributed by atoms with Gasteiger partial charge in [-0.25, -0.2) is 15.0 Å². The lowest BCUT2D eigenvalue weighted by molar-refractivity contribution is 0.923. The van der Waals surface area contributed by atoms with E-state index in [4.69, 9.17) is 15.0 Å². The molecule has 0 saturated carbocycles. The second-order valence-electron chi connectivity index (χ2n) is 15.1. The fourth-order valence-electron chi connectivity index (χ4n) is 8.74. The van der Waals surface area contributed by atoms with Crippen LogP contribution in [0.2, 0.25) is 0 Å². The quantitative estimate of drug-likeness (QED) is 0.155. The minimum absolute atomic E-state index is 0.643. The minimum Gasteiger partial charge on any atom is -0.309 e. The third kappa shape index (κ3) is 5.98. The summed E-state index contributed by atoms with van der Waals surface area (Å²) in [7, 11) is 0. The largest absolute Gasteiger partial charge is 0.309 e. The van der Waals surface area contributed by atoms with Gasteiger partial charge in [-0.2, -0.15) is 0 Å². The first-order chi connectivity index (χ1) is 29.2. The van der Waals surface area contributed by atoms with E-state index in [0.29, 0.717) is 17.5 Å². The van der Waals surface area contributed by atoms with Gasteiger partial charge in [-0.05, 0) is 65.6 Å². The van der Waals surface area contributed by atoms with Crippen molar-refractivity contribution in [1.82, 2.24) is 24.1 Å². The molecule has 0 aliphatic carbocycles. The number of aryl methyl sites for hydroxylation is 1. The topological polar surface area (TPSA) is 48.5 Å². The maximum absolute atomic E-state index is 4.97. The molecule has 0 unspecified atom stereocenters. The highest BCUT2D eigenvalue weighted by Crippen LogP contribution is 2.42. The summed E-state index contributed by atoms with van der Waals surface area (Å²) in [5.74, 6) is 1.95. The molecule has 0 amide bonds. The van der Waals surface area contributed by atoms with Crippen LogP contribution in [-0.4, -0.2) is 24.1 Å². The molecule has 11 rings (SSSR count). The van der Waals surface area contributed by atoms with Crippen LogP contribution < -0.4 is 0 Å². The van der Waals surface area contributed by atoms with E-state index in [1.165, 1.54) is 49.2 Å². The van der Waals surface area contributed by atoms with Gasteiger partial charge in [-0.1, -0.05) is 165 Å². The molecule has 280 valence electrons. The molecule has 5 nitrogen and oxygen atoms in total. The van der Waals surface area contributed by atoms with Crippen LogP contribution in [0.3, 0.4) is 0 Å². The first-order valence-corrected chi connectivity index (χ1v) is 20.3. The number of para-hydroxylation sites is 2. The second-order valence-corrected chi connectivity index (χ2v) is 15.1. The van der Waals surface area contributed by atoms with Crippen molar-refractivity contribution in [3.05, 3.63) is 200 Å². The molecule has 0 aliphatic rings. The molecule has 0 N–H and O–H groups in total. The lowest BCUT2D eigenvalue weighted by atomic mass is 10.0. The molecule has 0 spiro atoms. The van der Waals surface area contributed by atoms with E-state index >= 15 is 0 Å². The molecule has 0 aliphatic heterocycles. The van der Waals surface area contributed by atoms with E-state index in [1.54, 1.807) is 0 Å². The number of hydrogen-bond donors (Lipinski definition) is 0. The lowest BCUT2D eigenvalue weighted by Gasteiger charge is -2.13. The van der Waals surface area contributed by atoms with E-state index < -0.39 is 0 Å². The Morgan fingerprint density at radius 2 is 0.932 bits per heavy atom. The van der Waals surface area contributed by atoms with Crippen LogP contribution in [0.4, 0.5) is 0 Å². The number of benzene rings is 8. The molecule has 3 aromatic heterocycles. The molecule has 0 radical (unpaired) electrons. The van der Waals surface area contributed by atoms with Gasteiger partial charge >= 0.3 is 0 Å². The summed E-state index contributed by atoms with van der Waals surface area (Å²) in [5.41, 5.74) is 13.6. The highest BCUT2D eigenvalue weighted by Gasteiger charge is 2.21. The van der Waals surface area contributed by atoms with E-state index in [-0.39, 0.29) is 0 Å². The first kappa shape index (κ1) is 34.6. The van der Waals surface area contributed by atoms with Crippen LogP contribution in [0.25, 0.3) is 100 Å². The fourth-order valence-corrected chi connectivity index (χ4v) is 8.74. The van der Waals surface area contributed by atoms with Crippen molar-refractivity contribution >= 4 is 43.6 Å². The van der Waals surface area contributed by atoms with Gasteiger partial charge in [-0.15, -0.1) is 0 Å². The average molecular weight is 758 g/mol. The molecule has 0 saturated heterocycles. The van der Waals surface area contributed by atoms with Crippen LogP contribution in [0.15, 0.2) is 194 Å². The van der Waals surface area contributed by atoms with Gasteiger partial charge < -0.3 is 9.13 Å².